The molecule has 0 saturated carbocycles. The molecule has 0 aliphatic rings. The molecule has 0 fully saturated rings. The monoisotopic (exact) mass is 357 g/mol. The summed E-state index contributed by atoms with van der Waals surface area (Å²) in [5.41, 5.74) is 2.78. The Morgan fingerprint density at radius 2 is 1.56 bits per heavy atom. The Hall–Kier alpha value is -3.53. The molecule has 1 aromatic heterocycles. The Morgan fingerprint density at radius 1 is 0.815 bits per heavy atom. The average molecular weight is 357 g/mol. The zero-order valence-corrected chi connectivity index (χ0v) is 14.7. The normalized spacial score (nSPS) is 10.7. The zero-order chi connectivity index (χ0) is 18.5. The van der Waals surface area contributed by atoms with Crippen molar-refractivity contribution in [2.24, 2.45) is 0 Å². The van der Waals surface area contributed by atoms with E-state index in [1.165, 1.54) is 0 Å². The molecule has 0 aliphatic heterocycles. The van der Waals surface area contributed by atoms with Gasteiger partial charge in [-0.1, -0.05) is 54.6 Å². The first kappa shape index (κ1) is 16.9. The second-order valence-corrected chi connectivity index (χ2v) is 6.22. The number of hydrogen-bond donors (Lipinski definition) is 1. The van der Waals surface area contributed by atoms with Crippen molar-refractivity contribution in [3.8, 4) is 11.5 Å². The van der Waals surface area contributed by atoms with Crippen LogP contribution in [0.1, 0.15) is 11.1 Å². The molecule has 0 radical (unpaired) electrons. The van der Waals surface area contributed by atoms with Crippen LogP contribution in [0.25, 0.3) is 10.9 Å². The second kappa shape index (κ2) is 7.79. The maximum atomic E-state index is 12.3. The van der Waals surface area contributed by atoms with Gasteiger partial charge in [0.1, 0.15) is 18.1 Å². The van der Waals surface area contributed by atoms with E-state index in [0.717, 1.165) is 27.8 Å². The highest BCUT2D eigenvalue weighted by Gasteiger charge is 2.11. The number of ether oxygens (including phenoxy) is 2. The van der Waals surface area contributed by atoms with Gasteiger partial charge in [0.05, 0.1) is 6.42 Å². The number of aromatic amines is 1. The quantitative estimate of drug-likeness (QED) is 0.480. The lowest BCUT2D eigenvalue weighted by Gasteiger charge is -2.11. The maximum absolute atomic E-state index is 12.3. The second-order valence-electron chi connectivity index (χ2n) is 6.22. The molecule has 27 heavy (non-hydrogen) atoms. The molecule has 0 unspecified atom stereocenters. The maximum Gasteiger partial charge on any atom is 0.310 e. The van der Waals surface area contributed by atoms with Crippen LogP contribution in [-0.4, -0.2) is 11.0 Å². The fourth-order valence-corrected chi connectivity index (χ4v) is 2.98. The summed E-state index contributed by atoms with van der Waals surface area (Å²) >= 11 is 0. The van der Waals surface area contributed by atoms with E-state index in [9.17, 15) is 4.79 Å². The van der Waals surface area contributed by atoms with Crippen molar-refractivity contribution in [1.82, 2.24) is 4.98 Å². The van der Waals surface area contributed by atoms with Crippen LogP contribution in [0, 0.1) is 0 Å². The Labute approximate surface area is 157 Å². The van der Waals surface area contributed by atoms with Gasteiger partial charge in [-0.05, 0) is 29.8 Å². The molecule has 1 N–H and O–H groups in total. The van der Waals surface area contributed by atoms with Crippen LogP contribution in [0.15, 0.2) is 85.1 Å². The van der Waals surface area contributed by atoms with Gasteiger partial charge in [-0.15, -0.1) is 0 Å². The number of esters is 1. The number of H-pyrrole nitrogens is 1. The number of para-hydroxylation sites is 3. The van der Waals surface area contributed by atoms with Gasteiger partial charge in [0.25, 0.3) is 0 Å². The fraction of sp³-hybridized carbons (Fsp3) is 0.0870. The summed E-state index contributed by atoms with van der Waals surface area (Å²) in [6, 6.07) is 25.0. The van der Waals surface area contributed by atoms with E-state index in [1.807, 2.05) is 85.1 Å². The number of hydrogen-bond acceptors (Lipinski definition) is 3. The zero-order valence-electron chi connectivity index (χ0n) is 14.7. The first-order valence-electron chi connectivity index (χ1n) is 8.81. The number of carbonyl (C=O) groups is 1. The number of aromatic nitrogens is 1. The molecule has 4 aromatic rings. The largest absolute Gasteiger partial charge is 0.460 e. The van der Waals surface area contributed by atoms with Crippen LogP contribution < -0.4 is 4.74 Å². The van der Waals surface area contributed by atoms with Crippen LogP contribution in [-0.2, 0) is 22.6 Å². The topological polar surface area (TPSA) is 51.3 Å². The summed E-state index contributed by atoms with van der Waals surface area (Å²) in [4.78, 5) is 15.5. The predicted molar refractivity (Wildman–Crippen MR) is 105 cm³/mol. The summed E-state index contributed by atoms with van der Waals surface area (Å²) in [6.07, 6.45) is 2.09. The Balaban J connectivity index is 1.42. The summed E-state index contributed by atoms with van der Waals surface area (Å²) in [6.45, 7) is 0.171. The predicted octanol–water partition coefficient (Wildman–Crippen LogP) is 5.25. The molecule has 0 bridgehead atoms. The summed E-state index contributed by atoms with van der Waals surface area (Å²) in [5.74, 6) is 1.16. The Morgan fingerprint density at radius 3 is 2.44 bits per heavy atom. The van der Waals surface area contributed by atoms with Crippen molar-refractivity contribution in [2.75, 3.05) is 0 Å². The third-order valence-corrected chi connectivity index (χ3v) is 4.34. The third kappa shape index (κ3) is 4.01. The molecule has 4 nitrogen and oxygen atoms in total. The highest BCUT2D eigenvalue weighted by atomic mass is 16.5. The molecule has 0 atom stereocenters. The highest BCUT2D eigenvalue weighted by Crippen LogP contribution is 2.26. The number of benzene rings is 3. The van der Waals surface area contributed by atoms with Gasteiger partial charge in [-0.3, -0.25) is 4.79 Å². The standard InChI is InChI=1S/C23H19NO3/c25-23(14-18-15-24-21-12-6-5-11-20(18)21)26-16-17-8-4-7-13-22(17)27-19-9-2-1-3-10-19/h1-13,15,24H,14,16H2. The number of carbonyl (C=O) groups excluding carboxylic acids is 1. The summed E-state index contributed by atoms with van der Waals surface area (Å²) in [7, 11) is 0. The van der Waals surface area contributed by atoms with Gasteiger partial charge < -0.3 is 14.5 Å². The van der Waals surface area contributed by atoms with E-state index in [0.29, 0.717) is 5.75 Å². The van der Waals surface area contributed by atoms with E-state index < -0.39 is 0 Å². The minimum absolute atomic E-state index is 0.171. The van der Waals surface area contributed by atoms with Crippen molar-refractivity contribution < 1.29 is 14.3 Å². The smallest absolute Gasteiger partial charge is 0.310 e. The van der Waals surface area contributed by atoms with Crippen LogP contribution in [0.5, 0.6) is 11.5 Å². The molecule has 0 aliphatic carbocycles. The minimum atomic E-state index is -0.269. The molecule has 3 aromatic carbocycles. The SMILES string of the molecule is O=C(Cc1c[nH]c2ccccc12)OCc1ccccc1Oc1ccccc1. The van der Waals surface area contributed by atoms with Crippen molar-refractivity contribution in [3.05, 3.63) is 96.2 Å². The van der Waals surface area contributed by atoms with Gasteiger partial charge in [0.15, 0.2) is 0 Å². The van der Waals surface area contributed by atoms with E-state index in [-0.39, 0.29) is 19.0 Å². The van der Waals surface area contributed by atoms with E-state index in [2.05, 4.69) is 4.98 Å². The van der Waals surface area contributed by atoms with E-state index >= 15 is 0 Å². The lowest BCUT2D eigenvalue weighted by atomic mass is 10.1. The minimum Gasteiger partial charge on any atom is -0.460 e. The van der Waals surface area contributed by atoms with Crippen LogP contribution in [0.4, 0.5) is 0 Å². The molecule has 134 valence electrons. The number of nitrogens with one attached hydrogen (secondary N) is 1. The third-order valence-electron chi connectivity index (χ3n) is 4.34. The Kier molecular flexibility index (Phi) is 4.88. The molecule has 1 heterocycles. The van der Waals surface area contributed by atoms with Gasteiger partial charge in [0.2, 0.25) is 0 Å². The van der Waals surface area contributed by atoms with Gasteiger partial charge in [-0.2, -0.15) is 0 Å². The number of fused-ring (bicyclic) bond motifs is 1. The average Bonchev–Trinajstić information content (AvgIpc) is 3.11. The highest BCUT2D eigenvalue weighted by molar-refractivity contribution is 5.87. The molecule has 4 heteroatoms. The van der Waals surface area contributed by atoms with Crippen LogP contribution in [0.2, 0.25) is 0 Å². The molecule has 0 spiro atoms. The van der Waals surface area contributed by atoms with Crippen molar-refractivity contribution >= 4 is 16.9 Å². The first-order valence-corrected chi connectivity index (χ1v) is 8.81. The van der Waals surface area contributed by atoms with Crippen molar-refractivity contribution in [3.63, 3.8) is 0 Å². The van der Waals surface area contributed by atoms with E-state index in [1.54, 1.807) is 0 Å². The van der Waals surface area contributed by atoms with Crippen LogP contribution >= 0.6 is 0 Å². The lowest BCUT2D eigenvalue weighted by Crippen LogP contribution is -2.08. The molecule has 0 saturated heterocycles. The van der Waals surface area contributed by atoms with Crippen molar-refractivity contribution in [1.29, 1.82) is 0 Å². The molecule has 4 rings (SSSR count). The van der Waals surface area contributed by atoms with Gasteiger partial charge in [0, 0.05) is 22.7 Å². The van der Waals surface area contributed by atoms with Crippen molar-refractivity contribution in [2.45, 2.75) is 13.0 Å². The van der Waals surface area contributed by atoms with Gasteiger partial charge >= 0.3 is 5.97 Å². The van der Waals surface area contributed by atoms with Gasteiger partial charge in [-0.25, -0.2) is 0 Å². The fourth-order valence-electron chi connectivity index (χ4n) is 2.98. The lowest BCUT2D eigenvalue weighted by molar-refractivity contribution is -0.144. The molecular formula is C23H19NO3. The molecule has 0 amide bonds. The summed E-state index contributed by atoms with van der Waals surface area (Å²) in [5, 5.41) is 1.04. The molecular weight excluding hydrogens is 338 g/mol. The van der Waals surface area contributed by atoms with E-state index in [4.69, 9.17) is 9.47 Å². The summed E-state index contributed by atoms with van der Waals surface area (Å²) < 4.78 is 11.4. The Bertz CT molecular complexity index is 1050. The number of rotatable bonds is 6. The first-order chi connectivity index (χ1) is 13.3. The van der Waals surface area contributed by atoms with Crippen LogP contribution in [0.3, 0.4) is 0 Å².